The minimum Gasteiger partial charge on any atom is -0.481 e. The first kappa shape index (κ1) is 13.4. The van der Waals surface area contributed by atoms with E-state index in [1.165, 1.54) is 0 Å². The lowest BCUT2D eigenvalue weighted by Gasteiger charge is -2.48. The first-order valence-electron chi connectivity index (χ1n) is 5.62. The van der Waals surface area contributed by atoms with Crippen LogP contribution in [0.3, 0.4) is 0 Å². The highest BCUT2D eigenvalue weighted by atomic mass is 16.7. The van der Waals surface area contributed by atoms with E-state index in [-0.39, 0.29) is 5.92 Å². The molecule has 1 fully saturated rings. The summed E-state index contributed by atoms with van der Waals surface area (Å²) in [5, 5.41) is 9.03. The van der Waals surface area contributed by atoms with E-state index < -0.39 is 11.8 Å². The molecule has 1 unspecified atom stereocenters. The summed E-state index contributed by atoms with van der Waals surface area (Å²) in [6, 6.07) is 0. The molecule has 1 N–H and O–H groups in total. The average Bonchev–Trinajstić information content (AvgIpc) is 2.21. The van der Waals surface area contributed by atoms with Gasteiger partial charge in [0.15, 0.2) is 5.79 Å². The zero-order valence-electron chi connectivity index (χ0n) is 10.2. The Morgan fingerprint density at radius 2 is 2.00 bits per heavy atom. The van der Waals surface area contributed by atoms with E-state index in [0.29, 0.717) is 19.6 Å². The normalized spacial score (nSPS) is 21.4. The summed E-state index contributed by atoms with van der Waals surface area (Å²) >= 11 is 0. The predicted molar refractivity (Wildman–Crippen MR) is 59.2 cm³/mol. The highest BCUT2D eigenvalue weighted by Crippen LogP contribution is 2.26. The van der Waals surface area contributed by atoms with E-state index in [9.17, 15) is 4.79 Å². The van der Waals surface area contributed by atoms with Crippen molar-refractivity contribution in [1.29, 1.82) is 0 Å². The van der Waals surface area contributed by atoms with E-state index in [2.05, 4.69) is 4.90 Å². The quantitative estimate of drug-likeness (QED) is 0.656. The van der Waals surface area contributed by atoms with E-state index in [1.54, 1.807) is 14.2 Å². The van der Waals surface area contributed by atoms with Crippen LogP contribution in [0.15, 0.2) is 0 Å². The number of carboxylic acid groups (broad SMARTS) is 1. The molecule has 0 saturated carbocycles. The van der Waals surface area contributed by atoms with Gasteiger partial charge in [-0.3, -0.25) is 9.69 Å². The van der Waals surface area contributed by atoms with Crippen LogP contribution in [0, 0.1) is 5.92 Å². The maximum atomic E-state index is 11.0. The second-order valence-corrected chi connectivity index (χ2v) is 4.31. The summed E-state index contributed by atoms with van der Waals surface area (Å²) in [7, 11) is 3.23. The summed E-state index contributed by atoms with van der Waals surface area (Å²) in [6.45, 7) is 3.87. The van der Waals surface area contributed by atoms with E-state index in [4.69, 9.17) is 14.6 Å². The van der Waals surface area contributed by atoms with Crippen LogP contribution < -0.4 is 0 Å². The SMILES string of the molecule is CCCC(CN1CC(OC)(OC)C1)C(=O)O. The molecule has 1 saturated heterocycles. The van der Waals surface area contributed by atoms with E-state index in [1.807, 2.05) is 6.92 Å². The second-order valence-electron chi connectivity index (χ2n) is 4.31. The summed E-state index contributed by atoms with van der Waals surface area (Å²) in [5.41, 5.74) is 0. The maximum Gasteiger partial charge on any atom is 0.307 e. The van der Waals surface area contributed by atoms with Gasteiger partial charge in [0.05, 0.1) is 19.0 Å². The van der Waals surface area contributed by atoms with Crippen molar-refractivity contribution in [3.8, 4) is 0 Å². The molecule has 0 spiro atoms. The number of aliphatic carboxylic acids is 1. The van der Waals surface area contributed by atoms with Gasteiger partial charge in [0.25, 0.3) is 0 Å². The molecule has 5 nitrogen and oxygen atoms in total. The lowest BCUT2D eigenvalue weighted by molar-refractivity contribution is -0.276. The molecule has 0 amide bonds. The molecule has 1 atom stereocenters. The van der Waals surface area contributed by atoms with E-state index >= 15 is 0 Å². The topological polar surface area (TPSA) is 59.0 Å². The zero-order chi connectivity index (χ0) is 12.2. The molecule has 1 rings (SSSR count). The van der Waals surface area contributed by atoms with Gasteiger partial charge in [-0.05, 0) is 6.42 Å². The number of ether oxygens (including phenoxy) is 2. The Labute approximate surface area is 96.3 Å². The third kappa shape index (κ3) is 2.93. The van der Waals surface area contributed by atoms with Gasteiger partial charge in [-0.1, -0.05) is 13.3 Å². The molecule has 94 valence electrons. The first-order valence-corrected chi connectivity index (χ1v) is 5.62. The Morgan fingerprint density at radius 1 is 1.44 bits per heavy atom. The number of hydrogen-bond donors (Lipinski definition) is 1. The van der Waals surface area contributed by atoms with Crippen molar-refractivity contribution < 1.29 is 19.4 Å². The van der Waals surface area contributed by atoms with Gasteiger partial charge in [0, 0.05) is 20.8 Å². The summed E-state index contributed by atoms with van der Waals surface area (Å²) in [4.78, 5) is 13.0. The van der Waals surface area contributed by atoms with Gasteiger partial charge in [-0.15, -0.1) is 0 Å². The number of nitrogens with zero attached hydrogens (tertiary/aromatic N) is 1. The largest absolute Gasteiger partial charge is 0.481 e. The Hall–Kier alpha value is -0.650. The van der Waals surface area contributed by atoms with Gasteiger partial charge < -0.3 is 14.6 Å². The van der Waals surface area contributed by atoms with Crippen LogP contribution >= 0.6 is 0 Å². The van der Waals surface area contributed by atoms with Crippen molar-refractivity contribution in [2.24, 2.45) is 5.92 Å². The lowest BCUT2D eigenvalue weighted by Crippen LogP contribution is -2.64. The molecular formula is C11H21NO4. The first-order chi connectivity index (χ1) is 7.56. The Kier molecular flexibility index (Phi) is 4.70. The smallest absolute Gasteiger partial charge is 0.307 e. The third-order valence-corrected chi connectivity index (χ3v) is 3.14. The van der Waals surface area contributed by atoms with Gasteiger partial charge in [-0.25, -0.2) is 0 Å². The predicted octanol–water partition coefficient (Wildman–Crippen LogP) is 0.792. The van der Waals surface area contributed by atoms with Gasteiger partial charge in [0.2, 0.25) is 0 Å². The fourth-order valence-electron chi connectivity index (χ4n) is 2.06. The third-order valence-electron chi connectivity index (χ3n) is 3.14. The summed E-state index contributed by atoms with van der Waals surface area (Å²) in [5.74, 6) is -1.51. The molecule has 0 aromatic heterocycles. The van der Waals surface area contributed by atoms with Crippen LogP contribution in [0.1, 0.15) is 19.8 Å². The van der Waals surface area contributed by atoms with Crippen molar-refractivity contribution in [3.05, 3.63) is 0 Å². The highest BCUT2D eigenvalue weighted by molar-refractivity contribution is 5.70. The summed E-state index contributed by atoms with van der Waals surface area (Å²) in [6.07, 6.45) is 1.61. The molecule has 5 heteroatoms. The fourth-order valence-corrected chi connectivity index (χ4v) is 2.06. The Balaban J connectivity index is 2.37. The number of carbonyl (C=O) groups is 1. The van der Waals surface area contributed by atoms with Crippen molar-refractivity contribution >= 4 is 5.97 Å². The Bertz CT molecular complexity index is 232. The number of likely N-dealkylation sites (tertiary alicyclic amines) is 1. The van der Waals surface area contributed by atoms with Crippen LogP contribution in [0.5, 0.6) is 0 Å². The van der Waals surface area contributed by atoms with Crippen LogP contribution in [0.2, 0.25) is 0 Å². The van der Waals surface area contributed by atoms with Gasteiger partial charge in [-0.2, -0.15) is 0 Å². The molecule has 16 heavy (non-hydrogen) atoms. The summed E-state index contributed by atoms with van der Waals surface area (Å²) < 4.78 is 10.5. The molecule has 0 aromatic carbocycles. The molecule has 0 radical (unpaired) electrons. The fraction of sp³-hybridized carbons (Fsp3) is 0.909. The van der Waals surface area contributed by atoms with Crippen molar-refractivity contribution in [2.45, 2.75) is 25.6 Å². The molecular weight excluding hydrogens is 210 g/mol. The van der Waals surface area contributed by atoms with Gasteiger partial charge in [0.1, 0.15) is 0 Å². The number of rotatable bonds is 7. The monoisotopic (exact) mass is 231 g/mol. The minimum absolute atomic E-state index is 0.281. The molecule has 0 aromatic rings. The second kappa shape index (κ2) is 5.61. The van der Waals surface area contributed by atoms with Crippen LogP contribution in [0.25, 0.3) is 0 Å². The van der Waals surface area contributed by atoms with Crippen molar-refractivity contribution in [3.63, 3.8) is 0 Å². The van der Waals surface area contributed by atoms with Crippen molar-refractivity contribution in [1.82, 2.24) is 4.90 Å². The van der Waals surface area contributed by atoms with E-state index in [0.717, 1.165) is 12.8 Å². The minimum atomic E-state index is -0.714. The van der Waals surface area contributed by atoms with Crippen LogP contribution in [0.4, 0.5) is 0 Å². The standard InChI is InChI=1S/C11H21NO4/c1-4-5-9(10(13)14)6-12-7-11(8-12,15-2)16-3/h9H,4-8H2,1-3H3,(H,13,14). The maximum absolute atomic E-state index is 11.0. The molecule has 1 heterocycles. The lowest BCUT2D eigenvalue weighted by atomic mass is 9.99. The van der Waals surface area contributed by atoms with Gasteiger partial charge >= 0.3 is 5.97 Å². The molecule has 1 aliphatic heterocycles. The van der Waals surface area contributed by atoms with Crippen LogP contribution in [-0.2, 0) is 14.3 Å². The Morgan fingerprint density at radius 3 is 2.38 bits per heavy atom. The molecule has 0 bridgehead atoms. The average molecular weight is 231 g/mol. The number of hydrogen-bond acceptors (Lipinski definition) is 4. The van der Waals surface area contributed by atoms with Crippen molar-refractivity contribution in [2.75, 3.05) is 33.9 Å². The zero-order valence-corrected chi connectivity index (χ0v) is 10.2. The molecule has 1 aliphatic rings. The number of carboxylic acids is 1. The number of methoxy groups -OCH3 is 2. The molecule has 0 aliphatic carbocycles. The van der Waals surface area contributed by atoms with Crippen LogP contribution in [-0.4, -0.2) is 55.6 Å². The highest BCUT2D eigenvalue weighted by Gasteiger charge is 2.44.